The van der Waals surface area contributed by atoms with Crippen LogP contribution < -0.4 is 0 Å². The fourth-order valence-electron chi connectivity index (χ4n) is 0. The summed E-state index contributed by atoms with van der Waals surface area (Å²) in [4.78, 5) is 0. The van der Waals surface area contributed by atoms with E-state index in [-0.39, 0.29) is 105 Å². The molecule has 0 aliphatic rings. The number of hydrogen-bond donors (Lipinski definition) is 0. The second-order valence-electron chi connectivity index (χ2n) is 0. The van der Waals surface area contributed by atoms with Crippen LogP contribution in [0.25, 0.3) is 0 Å². The molecule has 0 amide bonds. The van der Waals surface area contributed by atoms with Crippen molar-refractivity contribution in [1.29, 1.82) is 0 Å². The van der Waals surface area contributed by atoms with E-state index < -0.39 is 0 Å². The van der Waals surface area contributed by atoms with Crippen molar-refractivity contribution in [3.8, 4) is 0 Å². The molecular weight excluding hydrogens is 285 g/mol. The molecule has 0 fully saturated rings. The molecule has 5 heavy (non-hydrogen) atoms. The van der Waals surface area contributed by atoms with Gasteiger partial charge in [0, 0.05) is 34.4 Å². The van der Waals surface area contributed by atoms with Gasteiger partial charge in [-0.25, -0.2) is 0 Å². The predicted octanol–water partition coefficient (Wildman–Crippen LogP) is -0.976. The Morgan fingerprint density at radius 1 is 1.20 bits per heavy atom. The maximum absolute atomic E-state index is 0. The molecule has 4 heteroatoms. The van der Waals surface area contributed by atoms with Crippen LogP contribution >= 0.6 is 0 Å². The van der Waals surface area contributed by atoms with Gasteiger partial charge in [-0.3, -0.25) is 0 Å². The van der Waals surface area contributed by atoms with Gasteiger partial charge in [0.25, 0.3) is 0 Å². The summed E-state index contributed by atoms with van der Waals surface area (Å²) in [5, 5.41) is 0. The van der Waals surface area contributed by atoms with Gasteiger partial charge in [0.1, 0.15) is 0 Å². The summed E-state index contributed by atoms with van der Waals surface area (Å²) in [5.41, 5.74) is 0. The van der Waals surface area contributed by atoms with Crippen molar-refractivity contribution in [3.05, 3.63) is 0 Å². The summed E-state index contributed by atoms with van der Waals surface area (Å²) in [6, 6.07) is 0. The normalized spacial score (nSPS) is 0. The summed E-state index contributed by atoms with van der Waals surface area (Å²) in [5.74, 6) is 0. The van der Waals surface area contributed by atoms with Crippen molar-refractivity contribution in [2.24, 2.45) is 0 Å². The Hall–Kier alpha value is 2.84. The van der Waals surface area contributed by atoms with Gasteiger partial charge in [0.2, 0.25) is 0 Å². The third kappa shape index (κ3) is 19.9. The Morgan fingerprint density at radius 3 is 1.20 bits per heavy atom. The van der Waals surface area contributed by atoms with Crippen molar-refractivity contribution in [2.75, 3.05) is 0 Å². The largest absolute Gasteiger partial charge is 2.00 e. The predicted molar refractivity (Wildman–Crippen MR) is 26.0 cm³/mol. The molecule has 0 aromatic heterocycles. The first-order valence-corrected chi connectivity index (χ1v) is 0. The molecule has 0 radical (unpaired) electrons. The molecule has 0 aromatic carbocycles. The maximum atomic E-state index is 0. The van der Waals surface area contributed by atoms with Crippen LogP contribution in [0.3, 0.4) is 0 Å². The Bertz CT molecular complexity index is 17.7. The van der Waals surface area contributed by atoms with E-state index in [4.69, 9.17) is 0 Å². The molecule has 0 aliphatic heterocycles. The van der Waals surface area contributed by atoms with Crippen molar-refractivity contribution in [1.82, 2.24) is 0 Å². The van der Waals surface area contributed by atoms with Crippen LogP contribution in [0.1, 0.15) is 10.3 Å². The summed E-state index contributed by atoms with van der Waals surface area (Å²) in [6.45, 7) is 0. The van der Waals surface area contributed by atoms with Crippen molar-refractivity contribution in [3.63, 3.8) is 0 Å². The van der Waals surface area contributed by atoms with E-state index in [1.807, 2.05) is 0 Å². The molecule has 0 rings (SSSR count). The zero-order valence-corrected chi connectivity index (χ0v) is 8.29. The van der Waals surface area contributed by atoms with Crippen molar-refractivity contribution in [2.45, 2.75) is 7.43 Å². The van der Waals surface area contributed by atoms with Gasteiger partial charge in [-0.1, -0.05) is 7.43 Å². The van der Waals surface area contributed by atoms with E-state index in [0.717, 1.165) is 0 Å². The fourth-order valence-corrected chi connectivity index (χ4v) is 0. The van der Waals surface area contributed by atoms with E-state index in [2.05, 4.69) is 0 Å². The number of rotatable bonds is 0. The average Bonchev–Trinajstić information content (AvgIpc) is 0. The smallest absolute Gasteiger partial charge is 1.00 e. The molecule has 0 bridgehead atoms. The second-order valence-corrected chi connectivity index (χ2v) is 0. The third-order valence-corrected chi connectivity index (χ3v) is 0. The van der Waals surface area contributed by atoms with Gasteiger partial charge in [-0.05, 0) is 11.0 Å². The van der Waals surface area contributed by atoms with E-state index in [1.165, 1.54) is 0 Å². The van der Waals surface area contributed by atoms with E-state index >= 15 is 0 Å². The molecule has 0 atom stereocenters. The van der Waals surface area contributed by atoms with Crippen LogP contribution in [0.5, 0.6) is 0 Å². The van der Waals surface area contributed by atoms with E-state index in [9.17, 15) is 0 Å². The third-order valence-electron chi connectivity index (χ3n) is 0. The Labute approximate surface area is 103 Å². The monoisotopic (exact) mass is 296 g/mol. The van der Waals surface area contributed by atoms with Crippen LogP contribution in [0.4, 0.5) is 0 Å². The molecule has 0 aromatic rings. The molecular formula is CH10BaCrFeSi. The quantitative estimate of drug-likeness (QED) is 0.504. The molecule has 0 aliphatic carbocycles. The topological polar surface area (TPSA) is 0 Å². The SMILES string of the molecule is C.[Ba+2].[Cr].[Fe].[H-].[H-].[SiH4]. The van der Waals surface area contributed by atoms with Crippen LogP contribution in [0, 0.1) is 0 Å². The summed E-state index contributed by atoms with van der Waals surface area (Å²) >= 11 is 0. The molecule has 0 saturated carbocycles. The number of hydrogen-bond acceptors (Lipinski definition) is 0. The molecule has 0 nitrogen and oxygen atoms in total. The minimum Gasteiger partial charge on any atom is -1.00 e. The summed E-state index contributed by atoms with van der Waals surface area (Å²) < 4.78 is 0. The van der Waals surface area contributed by atoms with Crippen LogP contribution in [0.15, 0.2) is 0 Å². The van der Waals surface area contributed by atoms with E-state index in [1.54, 1.807) is 0 Å². The van der Waals surface area contributed by atoms with Gasteiger partial charge in [0.15, 0.2) is 0 Å². The zero-order chi connectivity index (χ0) is 0. The maximum Gasteiger partial charge on any atom is 2.00 e. The van der Waals surface area contributed by atoms with Gasteiger partial charge in [-0.15, -0.1) is 0 Å². The van der Waals surface area contributed by atoms with Crippen molar-refractivity contribution >= 4 is 59.8 Å². The molecule has 34 valence electrons. The molecule has 0 unspecified atom stereocenters. The van der Waals surface area contributed by atoms with Crippen molar-refractivity contribution < 1.29 is 37.3 Å². The molecule has 0 saturated heterocycles. The Balaban J connectivity index is 0. The molecule has 0 heterocycles. The first-order valence-electron chi connectivity index (χ1n) is 0. The van der Waals surface area contributed by atoms with E-state index in [0.29, 0.717) is 0 Å². The standard InChI is InChI=1S/CH4.Ba.Cr.Fe.H4Si.2H/h1H4;;;;1H4;;/q;+2;;;;2*-1. The van der Waals surface area contributed by atoms with Gasteiger partial charge in [-0.2, -0.15) is 0 Å². The minimum atomic E-state index is 0. The van der Waals surface area contributed by atoms with Crippen LogP contribution in [0.2, 0.25) is 0 Å². The minimum absolute atomic E-state index is 0. The van der Waals surface area contributed by atoms with Gasteiger partial charge in [0.05, 0.1) is 0 Å². The Kier molecular flexibility index (Phi) is 263. The average molecular weight is 295 g/mol. The second kappa shape index (κ2) is 28.9. The summed E-state index contributed by atoms with van der Waals surface area (Å²) in [7, 11) is 0. The van der Waals surface area contributed by atoms with Crippen LogP contribution in [-0.4, -0.2) is 59.8 Å². The molecule has 0 spiro atoms. The first-order chi connectivity index (χ1) is 0. The summed E-state index contributed by atoms with van der Waals surface area (Å²) in [6.07, 6.45) is 0. The molecule has 0 N–H and O–H groups in total. The Morgan fingerprint density at radius 2 is 1.20 bits per heavy atom. The first kappa shape index (κ1) is 45.5. The van der Waals surface area contributed by atoms with Gasteiger partial charge >= 0.3 is 48.9 Å². The van der Waals surface area contributed by atoms with Crippen LogP contribution in [-0.2, 0) is 34.4 Å². The fraction of sp³-hybridized carbons (Fsp3) is 1.00. The van der Waals surface area contributed by atoms with Gasteiger partial charge < -0.3 is 2.85 Å². The zero-order valence-electron chi connectivity index (χ0n) is 3.47.